The molecule has 0 radical (unpaired) electrons. The molecule has 0 heterocycles. The smallest absolute Gasteiger partial charge is 0.207 e. The van der Waals surface area contributed by atoms with E-state index in [0.29, 0.717) is 18.0 Å². The molecule has 1 aromatic carbocycles. The molecule has 0 amide bonds. The van der Waals surface area contributed by atoms with E-state index >= 15 is 0 Å². The number of benzene rings is 1. The van der Waals surface area contributed by atoms with Crippen molar-refractivity contribution in [1.82, 2.24) is 4.31 Å². The first-order chi connectivity index (χ1) is 11.1. The van der Waals surface area contributed by atoms with E-state index in [1.54, 1.807) is 16.4 Å². The molecule has 23 heavy (non-hydrogen) atoms. The zero-order valence-electron chi connectivity index (χ0n) is 15.1. The third-order valence-corrected chi connectivity index (χ3v) is 6.03. The molecule has 3 nitrogen and oxygen atoms in total. The minimum Gasteiger partial charge on any atom is -0.207 e. The molecule has 0 aliphatic carbocycles. The number of sulfonamides is 1. The molecule has 0 saturated carbocycles. The van der Waals surface area contributed by atoms with E-state index in [9.17, 15) is 8.42 Å². The molecule has 0 aromatic heterocycles. The monoisotopic (exact) mass is 339 g/mol. The zero-order chi connectivity index (χ0) is 17.1. The van der Waals surface area contributed by atoms with Crippen LogP contribution in [0.25, 0.3) is 0 Å². The highest BCUT2D eigenvalue weighted by Gasteiger charge is 2.23. The van der Waals surface area contributed by atoms with Crippen molar-refractivity contribution in [2.45, 2.75) is 77.0 Å². The molecule has 4 heteroatoms. The van der Waals surface area contributed by atoms with Gasteiger partial charge in [0.2, 0.25) is 10.0 Å². The second-order valence-corrected chi connectivity index (χ2v) is 8.15. The lowest BCUT2D eigenvalue weighted by atomic mass is 10.1. The molecular weight excluding hydrogens is 306 g/mol. The Kier molecular flexibility index (Phi) is 9.49. The average molecular weight is 340 g/mol. The maximum atomic E-state index is 12.9. The van der Waals surface area contributed by atoms with Gasteiger partial charge in [0.05, 0.1) is 4.90 Å². The van der Waals surface area contributed by atoms with Crippen molar-refractivity contribution in [1.29, 1.82) is 0 Å². The summed E-state index contributed by atoms with van der Waals surface area (Å²) in [5.74, 6) is 0. The molecule has 0 unspecified atom stereocenters. The summed E-state index contributed by atoms with van der Waals surface area (Å²) in [5.41, 5.74) is 1.20. The molecule has 1 aromatic rings. The van der Waals surface area contributed by atoms with Crippen molar-refractivity contribution in [2.24, 2.45) is 0 Å². The summed E-state index contributed by atoms with van der Waals surface area (Å²) >= 11 is 0. The van der Waals surface area contributed by atoms with Crippen LogP contribution >= 0.6 is 0 Å². The van der Waals surface area contributed by atoms with Gasteiger partial charge in [0, 0.05) is 13.1 Å². The molecule has 0 saturated heterocycles. The lowest BCUT2D eigenvalue weighted by Crippen LogP contribution is -2.33. The molecule has 132 valence electrons. The van der Waals surface area contributed by atoms with Crippen molar-refractivity contribution >= 4 is 10.0 Å². The minimum absolute atomic E-state index is 0.436. The van der Waals surface area contributed by atoms with Gasteiger partial charge >= 0.3 is 0 Å². The SMILES string of the molecule is CCCCCN(CCCCC)S(=O)(=O)c1ccc(CCC)cc1. The van der Waals surface area contributed by atoms with Crippen LogP contribution in [0, 0.1) is 0 Å². The van der Waals surface area contributed by atoms with Gasteiger partial charge in [0.1, 0.15) is 0 Å². The van der Waals surface area contributed by atoms with Crippen LogP contribution in [0.15, 0.2) is 29.2 Å². The summed E-state index contributed by atoms with van der Waals surface area (Å²) in [7, 11) is -3.36. The van der Waals surface area contributed by atoms with Gasteiger partial charge < -0.3 is 0 Å². The maximum absolute atomic E-state index is 12.9. The molecule has 1 rings (SSSR count). The number of hydrogen-bond acceptors (Lipinski definition) is 2. The molecule has 0 aliphatic rings. The first kappa shape index (κ1) is 20.2. The predicted molar refractivity (Wildman–Crippen MR) is 98.2 cm³/mol. The fourth-order valence-corrected chi connectivity index (χ4v) is 4.21. The number of unbranched alkanes of at least 4 members (excludes halogenated alkanes) is 4. The molecule has 0 N–H and O–H groups in total. The fraction of sp³-hybridized carbons (Fsp3) is 0.684. The summed E-state index contributed by atoms with van der Waals surface area (Å²) in [4.78, 5) is 0.436. The lowest BCUT2D eigenvalue weighted by Gasteiger charge is -2.22. The van der Waals surface area contributed by atoms with Crippen LogP contribution in [-0.2, 0) is 16.4 Å². The fourth-order valence-electron chi connectivity index (χ4n) is 2.69. The molecular formula is C19H33NO2S. The third kappa shape index (κ3) is 6.64. The lowest BCUT2D eigenvalue weighted by molar-refractivity contribution is 0.388. The number of aryl methyl sites for hydroxylation is 1. The van der Waals surface area contributed by atoms with Crippen LogP contribution < -0.4 is 0 Å². The highest BCUT2D eigenvalue weighted by molar-refractivity contribution is 7.89. The van der Waals surface area contributed by atoms with Gasteiger partial charge in [-0.25, -0.2) is 8.42 Å². The first-order valence-electron chi connectivity index (χ1n) is 9.15. The molecule has 0 fully saturated rings. The van der Waals surface area contributed by atoms with Crippen LogP contribution in [0.3, 0.4) is 0 Å². The Labute approximate surface area is 143 Å². The maximum Gasteiger partial charge on any atom is 0.243 e. The number of rotatable bonds is 12. The van der Waals surface area contributed by atoms with E-state index in [1.165, 1.54) is 5.56 Å². The molecule has 0 atom stereocenters. The topological polar surface area (TPSA) is 37.4 Å². The van der Waals surface area contributed by atoms with Gasteiger partial charge in [0.15, 0.2) is 0 Å². The highest BCUT2D eigenvalue weighted by Crippen LogP contribution is 2.19. The number of hydrogen-bond donors (Lipinski definition) is 0. The van der Waals surface area contributed by atoms with Gasteiger partial charge in [-0.2, -0.15) is 4.31 Å². The van der Waals surface area contributed by atoms with E-state index < -0.39 is 10.0 Å². The summed E-state index contributed by atoms with van der Waals surface area (Å²) in [6.45, 7) is 7.69. The Morgan fingerprint density at radius 1 is 0.783 bits per heavy atom. The van der Waals surface area contributed by atoms with Gasteiger partial charge in [-0.15, -0.1) is 0 Å². The van der Waals surface area contributed by atoms with E-state index in [4.69, 9.17) is 0 Å². The largest absolute Gasteiger partial charge is 0.243 e. The normalized spacial score (nSPS) is 12.0. The summed E-state index contributed by atoms with van der Waals surface area (Å²) in [6.07, 6.45) is 8.32. The minimum atomic E-state index is -3.36. The number of nitrogens with zero attached hydrogens (tertiary/aromatic N) is 1. The standard InChI is InChI=1S/C19H33NO2S/c1-4-7-9-16-20(17-10-8-5-2)23(21,22)19-14-12-18(11-6-3)13-15-19/h12-15H,4-11,16-17H2,1-3H3. The van der Waals surface area contributed by atoms with Crippen molar-refractivity contribution < 1.29 is 8.42 Å². The predicted octanol–water partition coefficient (Wildman–Crippen LogP) is 5.01. The van der Waals surface area contributed by atoms with E-state index in [1.807, 2.05) is 12.1 Å². The summed E-state index contributed by atoms with van der Waals surface area (Å²) in [5, 5.41) is 0. The summed E-state index contributed by atoms with van der Waals surface area (Å²) < 4.78 is 27.5. The Bertz CT molecular complexity index is 513. The van der Waals surface area contributed by atoms with Gasteiger partial charge in [-0.1, -0.05) is 65.0 Å². The Morgan fingerprint density at radius 2 is 1.30 bits per heavy atom. The molecule has 0 aliphatic heterocycles. The first-order valence-corrected chi connectivity index (χ1v) is 10.6. The Morgan fingerprint density at radius 3 is 1.74 bits per heavy atom. The highest BCUT2D eigenvalue weighted by atomic mass is 32.2. The Hall–Kier alpha value is -0.870. The average Bonchev–Trinajstić information content (AvgIpc) is 2.54. The molecule has 0 bridgehead atoms. The third-order valence-electron chi connectivity index (χ3n) is 4.12. The summed E-state index contributed by atoms with van der Waals surface area (Å²) in [6, 6.07) is 7.44. The second kappa shape index (κ2) is 10.8. The van der Waals surface area contributed by atoms with E-state index in [2.05, 4.69) is 20.8 Å². The van der Waals surface area contributed by atoms with Gasteiger partial charge in [0.25, 0.3) is 0 Å². The zero-order valence-corrected chi connectivity index (χ0v) is 15.9. The second-order valence-electron chi connectivity index (χ2n) is 6.21. The van der Waals surface area contributed by atoms with Crippen LogP contribution in [0.5, 0.6) is 0 Å². The van der Waals surface area contributed by atoms with Crippen molar-refractivity contribution in [2.75, 3.05) is 13.1 Å². The molecule has 0 spiro atoms. The van der Waals surface area contributed by atoms with Crippen molar-refractivity contribution in [3.05, 3.63) is 29.8 Å². The van der Waals surface area contributed by atoms with E-state index in [-0.39, 0.29) is 0 Å². The van der Waals surface area contributed by atoms with Crippen LogP contribution in [0.4, 0.5) is 0 Å². The Balaban J connectivity index is 2.86. The van der Waals surface area contributed by atoms with Gasteiger partial charge in [-0.3, -0.25) is 0 Å². The van der Waals surface area contributed by atoms with Gasteiger partial charge in [-0.05, 0) is 37.0 Å². The van der Waals surface area contributed by atoms with Crippen LogP contribution in [0.2, 0.25) is 0 Å². The van der Waals surface area contributed by atoms with Crippen molar-refractivity contribution in [3.63, 3.8) is 0 Å². The van der Waals surface area contributed by atoms with Crippen molar-refractivity contribution in [3.8, 4) is 0 Å². The van der Waals surface area contributed by atoms with Crippen LogP contribution in [-0.4, -0.2) is 25.8 Å². The quantitative estimate of drug-likeness (QED) is 0.502. The van der Waals surface area contributed by atoms with E-state index in [0.717, 1.165) is 51.4 Å². The van der Waals surface area contributed by atoms with Crippen LogP contribution in [0.1, 0.15) is 71.3 Å².